The fourth-order valence-corrected chi connectivity index (χ4v) is 4.58. The van der Waals surface area contributed by atoms with Crippen LogP contribution in [0.1, 0.15) is 41.5 Å². The van der Waals surface area contributed by atoms with Crippen molar-refractivity contribution in [1.29, 1.82) is 0 Å². The van der Waals surface area contributed by atoms with Crippen LogP contribution in [-0.4, -0.2) is 80.6 Å². The predicted molar refractivity (Wildman–Crippen MR) is 100 cm³/mol. The van der Waals surface area contributed by atoms with Crippen molar-refractivity contribution in [2.24, 2.45) is 5.92 Å². The summed E-state index contributed by atoms with van der Waals surface area (Å²) in [5.74, 6) is -3.44. The van der Waals surface area contributed by atoms with Gasteiger partial charge in [0.1, 0.15) is 37.8 Å². The molecule has 0 N–H and O–H groups in total. The van der Waals surface area contributed by atoms with Crippen LogP contribution in [0.5, 0.6) is 0 Å². The lowest BCUT2D eigenvalue weighted by atomic mass is 9.70. The third kappa shape index (κ3) is 4.49. The lowest BCUT2D eigenvalue weighted by Crippen LogP contribution is -2.71. The molecule has 3 fully saturated rings. The molecule has 1 aliphatic carbocycles. The Morgan fingerprint density at radius 2 is 1.73 bits per heavy atom. The summed E-state index contributed by atoms with van der Waals surface area (Å²) in [6.45, 7) is 9.79. The highest BCUT2D eigenvalue weighted by atomic mass is 16.8. The molecule has 172 valence electrons. The third-order valence-corrected chi connectivity index (χ3v) is 5.45. The van der Waals surface area contributed by atoms with Crippen molar-refractivity contribution in [2.45, 2.75) is 83.1 Å². The Bertz CT molecular complexity index is 662. The monoisotopic (exact) mass is 432 g/mol. The lowest BCUT2D eigenvalue weighted by molar-refractivity contribution is -0.283. The molecule has 2 aliphatic heterocycles. The number of hydrogen-bond acceptors (Lipinski definition) is 10. The number of ether oxygens (including phenoxy) is 8. The maximum atomic E-state index is 11.9. The van der Waals surface area contributed by atoms with E-state index in [0.717, 1.165) is 0 Å². The fourth-order valence-electron chi connectivity index (χ4n) is 4.58. The molecule has 0 aromatic carbocycles. The summed E-state index contributed by atoms with van der Waals surface area (Å²) in [6.07, 6.45) is -2.87. The molecule has 0 aromatic rings. The Labute approximate surface area is 176 Å². The first-order chi connectivity index (χ1) is 13.9. The molecule has 3 aliphatic rings. The Morgan fingerprint density at radius 3 is 2.27 bits per heavy atom. The standard InChI is InChI=1S/C20H32O10/c1-11(21)24-8-13-14(27-12(2)22)15-17(29-19(5,6)28-15)20(16(13)25-10-23-7)9-26-18(3,4)30-20/h13-17H,8-10H2,1-7H3/t13-,14+,15+,16-,17+,20+/m1/s1. The molecule has 0 bridgehead atoms. The van der Waals surface area contributed by atoms with Crippen LogP contribution in [0.3, 0.4) is 0 Å². The summed E-state index contributed by atoms with van der Waals surface area (Å²) in [5.41, 5.74) is -1.10. The molecule has 2 heterocycles. The second-order valence-electron chi connectivity index (χ2n) is 8.80. The van der Waals surface area contributed by atoms with Crippen LogP contribution >= 0.6 is 0 Å². The van der Waals surface area contributed by atoms with Crippen LogP contribution < -0.4 is 0 Å². The zero-order valence-corrected chi connectivity index (χ0v) is 18.6. The van der Waals surface area contributed by atoms with Gasteiger partial charge in [0.15, 0.2) is 17.2 Å². The molecule has 30 heavy (non-hydrogen) atoms. The maximum absolute atomic E-state index is 11.9. The molecular formula is C20H32O10. The summed E-state index contributed by atoms with van der Waals surface area (Å²) in [4.78, 5) is 23.5. The van der Waals surface area contributed by atoms with Crippen molar-refractivity contribution in [2.75, 3.05) is 27.1 Å². The summed E-state index contributed by atoms with van der Waals surface area (Å²) in [7, 11) is 1.50. The Balaban J connectivity index is 2.08. The van der Waals surface area contributed by atoms with E-state index in [9.17, 15) is 9.59 Å². The lowest BCUT2D eigenvalue weighted by Gasteiger charge is -2.51. The molecule has 0 unspecified atom stereocenters. The zero-order chi connectivity index (χ0) is 22.3. The predicted octanol–water partition coefficient (Wildman–Crippen LogP) is 1.14. The van der Waals surface area contributed by atoms with Gasteiger partial charge < -0.3 is 37.9 Å². The first kappa shape index (κ1) is 23.4. The molecule has 3 rings (SSSR count). The van der Waals surface area contributed by atoms with Crippen LogP contribution in [0.4, 0.5) is 0 Å². The van der Waals surface area contributed by atoms with Gasteiger partial charge >= 0.3 is 11.9 Å². The third-order valence-electron chi connectivity index (χ3n) is 5.45. The number of carbonyl (C=O) groups is 2. The second-order valence-corrected chi connectivity index (χ2v) is 8.80. The normalized spacial score (nSPS) is 39.0. The molecule has 10 heteroatoms. The van der Waals surface area contributed by atoms with E-state index in [0.29, 0.717) is 0 Å². The van der Waals surface area contributed by atoms with E-state index in [2.05, 4.69) is 0 Å². The number of methoxy groups -OCH3 is 1. The summed E-state index contributed by atoms with van der Waals surface area (Å²) < 4.78 is 46.9. The average molecular weight is 432 g/mol. The van der Waals surface area contributed by atoms with Crippen molar-refractivity contribution < 1.29 is 47.5 Å². The Hall–Kier alpha value is -1.30. The van der Waals surface area contributed by atoms with E-state index >= 15 is 0 Å². The van der Waals surface area contributed by atoms with Gasteiger partial charge in [-0.15, -0.1) is 0 Å². The molecule has 10 nitrogen and oxygen atoms in total. The minimum absolute atomic E-state index is 0.0544. The minimum atomic E-state index is -1.10. The van der Waals surface area contributed by atoms with Gasteiger partial charge in [0.05, 0.1) is 12.5 Å². The van der Waals surface area contributed by atoms with Gasteiger partial charge in [0.2, 0.25) is 0 Å². The minimum Gasteiger partial charge on any atom is -0.465 e. The van der Waals surface area contributed by atoms with Gasteiger partial charge in [-0.25, -0.2) is 0 Å². The SMILES string of the molecule is COCO[C@@H]1[C@H](COC(C)=O)[C@H](OC(C)=O)[C@@H]2OC(C)(C)O[C@@H]2[C@]12COC(C)(C)O2. The van der Waals surface area contributed by atoms with Gasteiger partial charge in [-0.3, -0.25) is 9.59 Å². The van der Waals surface area contributed by atoms with Crippen LogP contribution in [0.15, 0.2) is 0 Å². The van der Waals surface area contributed by atoms with Crippen molar-refractivity contribution in [3.63, 3.8) is 0 Å². The average Bonchev–Trinajstić information content (AvgIpc) is 3.11. The van der Waals surface area contributed by atoms with E-state index in [1.165, 1.54) is 21.0 Å². The van der Waals surface area contributed by atoms with E-state index < -0.39 is 59.4 Å². The van der Waals surface area contributed by atoms with Gasteiger partial charge in [0, 0.05) is 21.0 Å². The molecule has 0 amide bonds. The topological polar surface area (TPSA) is 108 Å². The van der Waals surface area contributed by atoms with E-state index in [-0.39, 0.29) is 20.0 Å². The number of hydrogen-bond donors (Lipinski definition) is 0. The summed E-state index contributed by atoms with van der Waals surface area (Å²) >= 11 is 0. The first-order valence-corrected chi connectivity index (χ1v) is 10.0. The maximum Gasteiger partial charge on any atom is 0.303 e. The van der Waals surface area contributed by atoms with Crippen LogP contribution in [0, 0.1) is 5.92 Å². The number of esters is 2. The van der Waals surface area contributed by atoms with E-state index in [1.54, 1.807) is 27.7 Å². The summed E-state index contributed by atoms with van der Waals surface area (Å²) in [6, 6.07) is 0. The van der Waals surface area contributed by atoms with Crippen molar-refractivity contribution in [1.82, 2.24) is 0 Å². The van der Waals surface area contributed by atoms with Crippen molar-refractivity contribution in [3.8, 4) is 0 Å². The molecule has 6 atom stereocenters. The number of fused-ring (bicyclic) bond motifs is 2. The number of rotatable bonds is 6. The Morgan fingerprint density at radius 1 is 1.03 bits per heavy atom. The smallest absolute Gasteiger partial charge is 0.303 e. The molecule has 0 radical (unpaired) electrons. The molecule has 1 saturated carbocycles. The first-order valence-electron chi connectivity index (χ1n) is 10.0. The van der Waals surface area contributed by atoms with Gasteiger partial charge in [-0.1, -0.05) is 0 Å². The molecule has 0 aromatic heterocycles. The van der Waals surface area contributed by atoms with Crippen molar-refractivity contribution in [3.05, 3.63) is 0 Å². The second kappa shape index (κ2) is 8.33. The highest BCUT2D eigenvalue weighted by molar-refractivity contribution is 5.66. The van der Waals surface area contributed by atoms with Crippen molar-refractivity contribution >= 4 is 11.9 Å². The zero-order valence-electron chi connectivity index (χ0n) is 18.6. The van der Waals surface area contributed by atoms with E-state index in [4.69, 9.17) is 37.9 Å². The van der Waals surface area contributed by atoms with Crippen LogP contribution in [-0.2, 0) is 47.5 Å². The molecule has 1 spiro atoms. The van der Waals surface area contributed by atoms with E-state index in [1.807, 2.05) is 0 Å². The number of carbonyl (C=O) groups excluding carboxylic acids is 2. The Kier molecular flexibility index (Phi) is 6.48. The highest BCUT2D eigenvalue weighted by Gasteiger charge is 2.71. The quantitative estimate of drug-likeness (QED) is 0.448. The fraction of sp³-hybridized carbons (Fsp3) is 0.900. The van der Waals surface area contributed by atoms with Crippen LogP contribution in [0.2, 0.25) is 0 Å². The largest absolute Gasteiger partial charge is 0.465 e. The van der Waals surface area contributed by atoms with Crippen LogP contribution in [0.25, 0.3) is 0 Å². The molecular weight excluding hydrogens is 400 g/mol. The summed E-state index contributed by atoms with van der Waals surface area (Å²) in [5, 5.41) is 0. The van der Waals surface area contributed by atoms with Gasteiger partial charge in [-0.2, -0.15) is 0 Å². The van der Waals surface area contributed by atoms with Gasteiger partial charge in [0.25, 0.3) is 0 Å². The van der Waals surface area contributed by atoms with Gasteiger partial charge in [-0.05, 0) is 27.7 Å². The highest BCUT2D eigenvalue weighted by Crippen LogP contribution is 2.52. The molecule has 2 saturated heterocycles.